The third-order valence-electron chi connectivity index (χ3n) is 7.38. The van der Waals surface area contributed by atoms with Crippen LogP contribution >= 0.6 is 0 Å². The van der Waals surface area contributed by atoms with Crippen LogP contribution in [0, 0.1) is 0 Å². The van der Waals surface area contributed by atoms with Crippen LogP contribution in [-0.2, 0) is 0 Å². The first-order chi connectivity index (χ1) is 17.4. The van der Waals surface area contributed by atoms with Gasteiger partial charge in [0.1, 0.15) is 0 Å². The molecule has 0 amide bonds. The monoisotopic (exact) mass is 490 g/mol. The predicted octanol–water partition coefficient (Wildman–Crippen LogP) is 12.6. The maximum Gasteiger partial charge on any atom is -0.00358 e. The molecule has 208 valence electrons. The molecule has 0 aliphatic carbocycles. The molecular weight excluding hydrogens is 422 g/mol. The third-order valence-corrected chi connectivity index (χ3v) is 7.38. The van der Waals surface area contributed by atoms with Crippen molar-refractivity contribution in [3.05, 3.63) is 24.6 Å². The van der Waals surface area contributed by atoms with Gasteiger partial charge in [0.2, 0.25) is 0 Å². The largest absolute Gasteiger partial charge is 0.368 e. The second kappa shape index (κ2) is 33.3. The van der Waals surface area contributed by atoms with Gasteiger partial charge < -0.3 is 5.32 Å². The van der Waals surface area contributed by atoms with Gasteiger partial charge >= 0.3 is 0 Å². The Hall–Kier alpha value is -0.720. The van der Waals surface area contributed by atoms with E-state index in [9.17, 15) is 0 Å². The van der Waals surface area contributed by atoms with Crippen molar-refractivity contribution >= 4 is 0 Å². The molecule has 0 radical (unpaired) electrons. The van der Waals surface area contributed by atoms with Crippen LogP contribution in [0.5, 0.6) is 0 Å². The molecule has 0 spiro atoms. The second-order valence-corrected chi connectivity index (χ2v) is 11.0. The molecule has 0 heterocycles. The molecule has 1 N–H and O–H groups in total. The normalized spacial score (nSPS) is 11.8. The highest BCUT2D eigenvalue weighted by atomic mass is 14.8. The Morgan fingerprint density at radius 1 is 0.314 bits per heavy atom. The van der Waals surface area contributed by atoms with E-state index in [1.54, 1.807) is 0 Å². The van der Waals surface area contributed by atoms with Crippen LogP contribution in [-0.4, -0.2) is 0 Å². The lowest BCUT2D eigenvalue weighted by molar-refractivity contribution is 0.540. The summed E-state index contributed by atoms with van der Waals surface area (Å²) in [5.41, 5.74) is 0. The number of nitrogens with one attached hydrogen (secondary N) is 1. The van der Waals surface area contributed by atoms with E-state index in [0.29, 0.717) is 0 Å². The second-order valence-electron chi connectivity index (χ2n) is 11.0. The quantitative estimate of drug-likeness (QED) is 0.0989. The van der Waals surface area contributed by atoms with E-state index in [1.807, 2.05) is 0 Å². The fourth-order valence-electron chi connectivity index (χ4n) is 4.92. The molecule has 0 aromatic rings. The lowest BCUT2D eigenvalue weighted by atomic mass is 10.0. The van der Waals surface area contributed by atoms with Gasteiger partial charge in [0.05, 0.1) is 0 Å². The van der Waals surface area contributed by atoms with Gasteiger partial charge in [-0.25, -0.2) is 0 Å². The van der Waals surface area contributed by atoms with Crippen molar-refractivity contribution in [1.29, 1.82) is 0 Å². The van der Waals surface area contributed by atoms with Gasteiger partial charge in [-0.1, -0.05) is 180 Å². The number of hydrogen-bond donors (Lipinski definition) is 1. The first-order valence-corrected chi connectivity index (χ1v) is 16.5. The highest BCUT2D eigenvalue weighted by molar-refractivity contribution is 4.88. The fraction of sp³-hybridized carbons (Fsp3) is 0.882. The van der Waals surface area contributed by atoms with Crippen molar-refractivity contribution in [1.82, 2.24) is 5.32 Å². The molecule has 0 fully saturated rings. The average Bonchev–Trinajstić information content (AvgIpc) is 2.87. The van der Waals surface area contributed by atoms with Crippen LogP contribution < -0.4 is 5.32 Å². The standard InChI is InChI=1S/C34H67N/c1-3-5-7-9-11-13-15-17-19-21-23-25-27-29-31-33-35-34-32-30-28-26-24-22-20-18-16-14-12-10-8-6-4-2/h31-35H,3-30H2,1-2H3. The van der Waals surface area contributed by atoms with Gasteiger partial charge in [-0.05, 0) is 38.1 Å². The zero-order valence-corrected chi connectivity index (χ0v) is 24.6. The van der Waals surface area contributed by atoms with Crippen molar-refractivity contribution in [2.45, 2.75) is 194 Å². The first kappa shape index (κ1) is 34.3. The molecule has 1 nitrogen and oxygen atoms in total. The van der Waals surface area contributed by atoms with E-state index in [1.165, 1.54) is 180 Å². The summed E-state index contributed by atoms with van der Waals surface area (Å²) in [6, 6.07) is 0. The van der Waals surface area contributed by atoms with Gasteiger partial charge in [0, 0.05) is 0 Å². The fourth-order valence-corrected chi connectivity index (χ4v) is 4.92. The van der Waals surface area contributed by atoms with Crippen molar-refractivity contribution in [2.24, 2.45) is 0 Å². The summed E-state index contributed by atoms with van der Waals surface area (Å²) in [6.45, 7) is 4.60. The summed E-state index contributed by atoms with van der Waals surface area (Å²) < 4.78 is 0. The maximum absolute atomic E-state index is 3.32. The Balaban J connectivity index is 3.14. The maximum atomic E-state index is 3.32. The summed E-state index contributed by atoms with van der Waals surface area (Å²) in [5, 5.41) is 3.32. The minimum Gasteiger partial charge on any atom is -0.368 e. The van der Waals surface area contributed by atoms with E-state index in [2.05, 4.69) is 43.7 Å². The zero-order chi connectivity index (χ0) is 25.3. The van der Waals surface area contributed by atoms with Crippen LogP contribution in [0.1, 0.15) is 194 Å². The van der Waals surface area contributed by atoms with Crippen LogP contribution in [0.4, 0.5) is 0 Å². The number of rotatable bonds is 30. The molecule has 0 aromatic carbocycles. The molecule has 1 heteroatoms. The molecule has 0 unspecified atom stereocenters. The molecule has 0 aliphatic heterocycles. The van der Waals surface area contributed by atoms with Crippen molar-refractivity contribution in [2.75, 3.05) is 0 Å². The Morgan fingerprint density at radius 3 is 0.800 bits per heavy atom. The van der Waals surface area contributed by atoms with Gasteiger partial charge in [0.15, 0.2) is 0 Å². The number of allylic oxidation sites excluding steroid dienone is 2. The summed E-state index contributed by atoms with van der Waals surface area (Å²) in [6.07, 6.45) is 48.6. The van der Waals surface area contributed by atoms with E-state index >= 15 is 0 Å². The third kappa shape index (κ3) is 33.3. The lowest BCUT2D eigenvalue weighted by Crippen LogP contribution is -1.91. The Kier molecular flexibility index (Phi) is 32.6. The van der Waals surface area contributed by atoms with Crippen molar-refractivity contribution in [3.63, 3.8) is 0 Å². The van der Waals surface area contributed by atoms with Gasteiger partial charge in [-0.15, -0.1) is 0 Å². The van der Waals surface area contributed by atoms with E-state index in [4.69, 9.17) is 0 Å². The summed E-state index contributed by atoms with van der Waals surface area (Å²) in [4.78, 5) is 0. The molecule has 0 bridgehead atoms. The average molecular weight is 490 g/mol. The molecule has 0 saturated heterocycles. The minimum atomic E-state index is 1.22. The molecule has 0 aromatic heterocycles. The summed E-state index contributed by atoms with van der Waals surface area (Å²) >= 11 is 0. The van der Waals surface area contributed by atoms with Gasteiger partial charge in [0.25, 0.3) is 0 Å². The van der Waals surface area contributed by atoms with Gasteiger partial charge in [-0.2, -0.15) is 0 Å². The Labute approximate surface area is 223 Å². The molecule has 0 rings (SSSR count). The summed E-state index contributed by atoms with van der Waals surface area (Å²) in [7, 11) is 0. The first-order valence-electron chi connectivity index (χ1n) is 16.5. The van der Waals surface area contributed by atoms with E-state index in [-0.39, 0.29) is 0 Å². The smallest absolute Gasteiger partial charge is 0.00358 e. The Morgan fingerprint density at radius 2 is 0.543 bits per heavy atom. The topological polar surface area (TPSA) is 12.0 Å². The highest BCUT2D eigenvalue weighted by Crippen LogP contribution is 2.14. The molecule has 0 saturated carbocycles. The molecule has 0 aliphatic rings. The summed E-state index contributed by atoms with van der Waals surface area (Å²) in [5.74, 6) is 0. The van der Waals surface area contributed by atoms with Gasteiger partial charge in [-0.3, -0.25) is 0 Å². The molecular formula is C34H67N. The SMILES string of the molecule is CCCCCCCCCCCCCCCC=CNC=CCCCCCCCCCCCCCCC. The van der Waals surface area contributed by atoms with E-state index in [0.717, 1.165) is 0 Å². The van der Waals surface area contributed by atoms with Crippen molar-refractivity contribution in [3.8, 4) is 0 Å². The predicted molar refractivity (Wildman–Crippen MR) is 162 cm³/mol. The molecule has 35 heavy (non-hydrogen) atoms. The van der Waals surface area contributed by atoms with E-state index < -0.39 is 0 Å². The zero-order valence-electron chi connectivity index (χ0n) is 24.6. The van der Waals surface area contributed by atoms with Crippen LogP contribution in [0.3, 0.4) is 0 Å². The number of unbranched alkanes of at least 4 members (excludes halogenated alkanes) is 26. The Bertz CT molecular complexity index is 373. The highest BCUT2D eigenvalue weighted by Gasteiger charge is 1.94. The van der Waals surface area contributed by atoms with Crippen molar-refractivity contribution < 1.29 is 0 Å². The molecule has 0 atom stereocenters. The minimum absolute atomic E-state index is 1.22. The lowest BCUT2D eigenvalue weighted by Gasteiger charge is -2.02. The van der Waals surface area contributed by atoms with Crippen LogP contribution in [0.2, 0.25) is 0 Å². The number of hydrogen-bond acceptors (Lipinski definition) is 1. The van der Waals surface area contributed by atoms with Crippen LogP contribution in [0.15, 0.2) is 24.6 Å². The van der Waals surface area contributed by atoms with Crippen LogP contribution in [0.25, 0.3) is 0 Å².